The molecule has 0 bridgehead atoms. The van der Waals surface area contributed by atoms with E-state index in [0.29, 0.717) is 23.3 Å². The molecule has 0 aromatic heterocycles. The van der Waals surface area contributed by atoms with E-state index in [1.54, 1.807) is 12.1 Å². The van der Waals surface area contributed by atoms with Crippen LogP contribution in [0.2, 0.25) is 0 Å². The molecule has 1 amide bonds. The highest BCUT2D eigenvalue weighted by atomic mass is 32.2. The van der Waals surface area contributed by atoms with Crippen molar-refractivity contribution in [1.29, 1.82) is 0 Å². The number of fused-ring (bicyclic) bond motifs is 1. The number of amides is 1. The third kappa shape index (κ3) is 4.85. The van der Waals surface area contributed by atoms with E-state index in [0.717, 1.165) is 16.4 Å². The normalized spacial score (nSPS) is 17.3. The average molecular weight is 466 g/mol. The second-order valence-electron chi connectivity index (χ2n) is 7.59. The number of carbonyl (C=O) groups excluding carboxylic acids is 2. The fraction of sp³-hybridized carbons (Fsp3) is 0.240. The molecule has 0 radical (unpaired) electrons. The summed E-state index contributed by atoms with van der Waals surface area (Å²) in [4.78, 5) is 32.2. The lowest BCUT2D eigenvalue weighted by atomic mass is 9.93. The molecule has 0 spiro atoms. The first-order valence-electron chi connectivity index (χ1n) is 10.6. The minimum Gasteiger partial charge on any atom is -0.466 e. The Morgan fingerprint density at radius 2 is 1.97 bits per heavy atom. The molecule has 1 unspecified atom stereocenters. The summed E-state index contributed by atoms with van der Waals surface area (Å²) in [5.74, 6) is -0.982. The van der Waals surface area contributed by atoms with Gasteiger partial charge >= 0.3 is 5.97 Å². The molecule has 2 aromatic rings. The summed E-state index contributed by atoms with van der Waals surface area (Å²) in [5.41, 5.74) is 3.48. The van der Waals surface area contributed by atoms with Crippen LogP contribution in [0, 0.1) is 5.82 Å². The largest absolute Gasteiger partial charge is 0.466 e. The Hall–Kier alpha value is -3.39. The molecule has 4 rings (SSSR count). The van der Waals surface area contributed by atoms with E-state index >= 15 is 0 Å². The SMILES string of the molecule is CCC1=C(C(=O)OC)C(c2ccccc2)N2C(CC(=O)NCc3cccc(F)c3)=CSC2=N1. The lowest BCUT2D eigenvalue weighted by molar-refractivity contribution is -0.136. The molecule has 6 nitrogen and oxygen atoms in total. The molecule has 2 heterocycles. The van der Waals surface area contributed by atoms with Gasteiger partial charge in [-0.15, -0.1) is 0 Å². The zero-order valence-electron chi connectivity index (χ0n) is 18.4. The molecule has 2 aliphatic heterocycles. The number of ether oxygens (including phenoxy) is 1. The quantitative estimate of drug-likeness (QED) is 0.602. The van der Waals surface area contributed by atoms with Crippen molar-refractivity contribution >= 4 is 28.8 Å². The van der Waals surface area contributed by atoms with Crippen molar-refractivity contribution in [2.75, 3.05) is 7.11 Å². The minimum absolute atomic E-state index is 0.0978. The van der Waals surface area contributed by atoms with Gasteiger partial charge < -0.3 is 15.0 Å². The van der Waals surface area contributed by atoms with E-state index in [1.165, 1.54) is 31.0 Å². The summed E-state index contributed by atoms with van der Waals surface area (Å²) in [5, 5.41) is 5.46. The van der Waals surface area contributed by atoms with Crippen LogP contribution in [-0.4, -0.2) is 29.1 Å². The van der Waals surface area contributed by atoms with Gasteiger partial charge in [0, 0.05) is 12.2 Å². The third-order valence-corrected chi connectivity index (χ3v) is 6.35. The molecule has 2 aliphatic rings. The first-order valence-corrected chi connectivity index (χ1v) is 11.5. The van der Waals surface area contributed by atoms with Gasteiger partial charge in [-0.05, 0) is 35.1 Å². The maximum atomic E-state index is 13.4. The lowest BCUT2D eigenvalue weighted by Crippen LogP contribution is -2.38. The number of amidine groups is 1. The highest BCUT2D eigenvalue weighted by molar-refractivity contribution is 8.16. The Bertz CT molecular complexity index is 1160. The van der Waals surface area contributed by atoms with E-state index in [-0.39, 0.29) is 24.7 Å². The number of rotatable bonds is 7. The van der Waals surface area contributed by atoms with E-state index in [4.69, 9.17) is 9.73 Å². The molecular weight excluding hydrogens is 441 g/mol. The molecule has 33 heavy (non-hydrogen) atoms. The fourth-order valence-electron chi connectivity index (χ4n) is 3.94. The van der Waals surface area contributed by atoms with Gasteiger partial charge in [0.2, 0.25) is 5.91 Å². The van der Waals surface area contributed by atoms with Gasteiger partial charge in [-0.3, -0.25) is 4.79 Å². The maximum absolute atomic E-state index is 13.4. The molecule has 0 saturated heterocycles. The number of nitrogens with one attached hydrogen (secondary N) is 1. The number of hydrogen-bond donors (Lipinski definition) is 1. The van der Waals surface area contributed by atoms with Gasteiger partial charge in [0.15, 0.2) is 5.17 Å². The summed E-state index contributed by atoms with van der Waals surface area (Å²) in [6.45, 7) is 2.18. The van der Waals surface area contributed by atoms with Gasteiger partial charge in [0.25, 0.3) is 0 Å². The van der Waals surface area contributed by atoms with Crippen LogP contribution in [0.3, 0.4) is 0 Å². The van der Waals surface area contributed by atoms with Crippen molar-refractivity contribution in [3.63, 3.8) is 0 Å². The van der Waals surface area contributed by atoms with Crippen LogP contribution in [-0.2, 0) is 20.9 Å². The van der Waals surface area contributed by atoms with Crippen molar-refractivity contribution in [3.05, 3.63) is 93.9 Å². The Morgan fingerprint density at radius 3 is 2.67 bits per heavy atom. The van der Waals surface area contributed by atoms with Crippen LogP contribution in [0.4, 0.5) is 4.39 Å². The fourth-order valence-corrected chi connectivity index (χ4v) is 4.88. The minimum atomic E-state index is -0.446. The highest BCUT2D eigenvalue weighted by Gasteiger charge is 2.41. The highest BCUT2D eigenvalue weighted by Crippen LogP contribution is 2.45. The first-order chi connectivity index (χ1) is 16.0. The Balaban J connectivity index is 1.60. The molecule has 1 atom stereocenters. The Labute approximate surface area is 196 Å². The average Bonchev–Trinajstić information content (AvgIpc) is 3.23. The zero-order valence-corrected chi connectivity index (χ0v) is 19.2. The number of allylic oxidation sites excluding steroid dienone is 1. The van der Waals surface area contributed by atoms with Crippen molar-refractivity contribution in [1.82, 2.24) is 10.2 Å². The number of carbonyl (C=O) groups is 2. The van der Waals surface area contributed by atoms with Gasteiger partial charge in [-0.1, -0.05) is 61.2 Å². The van der Waals surface area contributed by atoms with Crippen molar-refractivity contribution in [2.45, 2.75) is 32.4 Å². The molecular formula is C25H24FN3O3S. The van der Waals surface area contributed by atoms with E-state index in [1.807, 2.05) is 47.6 Å². The van der Waals surface area contributed by atoms with Gasteiger partial charge in [-0.2, -0.15) is 0 Å². The molecule has 0 fully saturated rings. The molecule has 1 N–H and O–H groups in total. The Kier molecular flexibility index (Phi) is 6.93. The van der Waals surface area contributed by atoms with E-state index < -0.39 is 12.0 Å². The zero-order chi connectivity index (χ0) is 23.4. The van der Waals surface area contributed by atoms with Crippen LogP contribution < -0.4 is 5.32 Å². The second kappa shape index (κ2) is 10.0. The van der Waals surface area contributed by atoms with Crippen LogP contribution in [0.5, 0.6) is 0 Å². The van der Waals surface area contributed by atoms with Crippen molar-refractivity contribution in [3.8, 4) is 0 Å². The summed E-state index contributed by atoms with van der Waals surface area (Å²) in [7, 11) is 1.36. The van der Waals surface area contributed by atoms with Gasteiger partial charge in [0.05, 0.1) is 30.8 Å². The number of thioether (sulfide) groups is 1. The monoisotopic (exact) mass is 465 g/mol. The van der Waals surface area contributed by atoms with Crippen molar-refractivity contribution in [2.24, 2.45) is 4.99 Å². The number of halogens is 1. The van der Waals surface area contributed by atoms with Crippen LogP contribution in [0.15, 0.2) is 82.0 Å². The summed E-state index contributed by atoms with van der Waals surface area (Å²) in [6, 6.07) is 15.3. The predicted molar refractivity (Wildman–Crippen MR) is 126 cm³/mol. The number of benzene rings is 2. The Morgan fingerprint density at radius 1 is 1.18 bits per heavy atom. The van der Waals surface area contributed by atoms with E-state index in [2.05, 4.69) is 5.32 Å². The van der Waals surface area contributed by atoms with Crippen LogP contribution >= 0.6 is 11.8 Å². The molecule has 0 saturated carbocycles. The standard InChI is InChI=1S/C25H24FN3O3S/c1-3-20-22(24(31)32-2)23(17-9-5-4-6-10-17)29-19(15-33-25(29)28-20)13-21(30)27-14-16-8-7-11-18(26)12-16/h4-12,15,23H,3,13-14H2,1-2H3,(H,27,30). The second-order valence-corrected chi connectivity index (χ2v) is 8.43. The molecule has 2 aromatic carbocycles. The molecule has 8 heteroatoms. The number of hydrogen-bond acceptors (Lipinski definition) is 6. The van der Waals surface area contributed by atoms with Crippen LogP contribution in [0.25, 0.3) is 0 Å². The number of methoxy groups -OCH3 is 1. The topological polar surface area (TPSA) is 71.0 Å². The predicted octanol–water partition coefficient (Wildman–Crippen LogP) is 4.67. The molecule has 0 aliphatic carbocycles. The number of esters is 1. The maximum Gasteiger partial charge on any atom is 0.338 e. The number of nitrogens with zero attached hydrogens (tertiary/aromatic N) is 2. The lowest BCUT2D eigenvalue weighted by Gasteiger charge is -2.36. The summed E-state index contributed by atoms with van der Waals surface area (Å²) < 4.78 is 18.5. The molecule has 170 valence electrons. The van der Waals surface area contributed by atoms with E-state index in [9.17, 15) is 14.0 Å². The first kappa shape index (κ1) is 22.8. The van der Waals surface area contributed by atoms with Crippen molar-refractivity contribution < 1.29 is 18.7 Å². The van der Waals surface area contributed by atoms with Gasteiger partial charge in [-0.25, -0.2) is 14.2 Å². The summed E-state index contributed by atoms with van der Waals surface area (Å²) >= 11 is 1.43. The third-order valence-electron chi connectivity index (χ3n) is 5.46. The van der Waals surface area contributed by atoms with Crippen LogP contribution in [0.1, 0.15) is 36.9 Å². The number of aliphatic imine (C=N–C) groups is 1. The van der Waals surface area contributed by atoms with Gasteiger partial charge in [0.1, 0.15) is 5.82 Å². The summed E-state index contributed by atoms with van der Waals surface area (Å²) in [6.07, 6.45) is 0.676. The smallest absolute Gasteiger partial charge is 0.338 e.